The monoisotopic (exact) mass is 510 g/mol. The molecule has 2 amide bonds. The molecule has 4 heterocycles. The molecule has 0 unspecified atom stereocenters. The Morgan fingerprint density at radius 2 is 1.82 bits per heavy atom. The number of aromatic nitrogens is 4. The van der Waals surface area contributed by atoms with Gasteiger partial charge >= 0.3 is 0 Å². The van der Waals surface area contributed by atoms with Gasteiger partial charge in [-0.2, -0.15) is 0 Å². The summed E-state index contributed by atoms with van der Waals surface area (Å²) in [6.45, 7) is 5.22. The van der Waals surface area contributed by atoms with Crippen LogP contribution in [0.15, 0.2) is 61.2 Å². The Morgan fingerprint density at radius 1 is 0.974 bits per heavy atom. The Balaban J connectivity index is 1.23. The van der Waals surface area contributed by atoms with E-state index >= 15 is 0 Å². The first-order valence-electron chi connectivity index (χ1n) is 12.6. The molecular weight excluding hydrogens is 480 g/mol. The molecule has 0 spiro atoms. The van der Waals surface area contributed by atoms with E-state index in [1.165, 1.54) is 0 Å². The molecule has 10 nitrogen and oxygen atoms in total. The number of hydrogen-bond donors (Lipinski definition) is 2. The van der Waals surface area contributed by atoms with Crippen LogP contribution in [-0.4, -0.2) is 76.4 Å². The number of rotatable bonds is 7. The highest BCUT2D eigenvalue weighted by molar-refractivity contribution is 6.06. The fourth-order valence-corrected chi connectivity index (χ4v) is 4.68. The predicted molar refractivity (Wildman–Crippen MR) is 147 cm³/mol. The average molecular weight is 511 g/mol. The lowest BCUT2D eigenvalue weighted by Crippen LogP contribution is -2.48. The van der Waals surface area contributed by atoms with Crippen LogP contribution in [0.3, 0.4) is 0 Å². The Kier molecular flexibility index (Phi) is 7.39. The van der Waals surface area contributed by atoms with E-state index in [0.717, 1.165) is 52.4 Å². The minimum atomic E-state index is -0.126. The van der Waals surface area contributed by atoms with Gasteiger partial charge in [-0.15, -0.1) is 0 Å². The summed E-state index contributed by atoms with van der Waals surface area (Å²) in [4.78, 5) is 45.8. The number of amides is 2. The van der Waals surface area contributed by atoms with Gasteiger partial charge in [-0.3, -0.25) is 14.6 Å². The summed E-state index contributed by atoms with van der Waals surface area (Å²) in [5, 5.41) is 6.90. The van der Waals surface area contributed by atoms with Crippen molar-refractivity contribution in [3.63, 3.8) is 0 Å². The van der Waals surface area contributed by atoms with Crippen molar-refractivity contribution in [1.82, 2.24) is 30.2 Å². The van der Waals surface area contributed by atoms with Crippen LogP contribution in [0.4, 0.5) is 11.6 Å². The van der Waals surface area contributed by atoms with Gasteiger partial charge in [-0.05, 0) is 30.2 Å². The van der Waals surface area contributed by atoms with E-state index in [1.54, 1.807) is 32.6 Å². The second-order valence-corrected chi connectivity index (χ2v) is 9.11. The highest BCUT2D eigenvalue weighted by atomic mass is 16.2. The van der Waals surface area contributed by atoms with Gasteiger partial charge in [0, 0.05) is 76.1 Å². The third-order valence-corrected chi connectivity index (χ3v) is 6.79. The molecule has 10 heteroatoms. The maximum Gasteiger partial charge on any atom is 0.251 e. The SMILES string of the molecule is CNC(=O)c1ccnc2c(CCNc3cc(-c4ccc(N5CCN(C(C)=O)CC5)nc4)ncn3)cccc12. The predicted octanol–water partition coefficient (Wildman–Crippen LogP) is 2.77. The number of benzene rings is 1. The van der Waals surface area contributed by atoms with Crippen molar-refractivity contribution >= 4 is 34.4 Å². The Bertz CT molecular complexity index is 1450. The van der Waals surface area contributed by atoms with Gasteiger partial charge < -0.3 is 20.4 Å². The molecule has 3 aromatic heterocycles. The molecule has 0 radical (unpaired) electrons. The summed E-state index contributed by atoms with van der Waals surface area (Å²) in [5.41, 5.74) is 4.18. The summed E-state index contributed by atoms with van der Waals surface area (Å²) in [6, 6.07) is 13.6. The van der Waals surface area contributed by atoms with Gasteiger partial charge in [-0.1, -0.05) is 18.2 Å². The van der Waals surface area contributed by atoms with Crippen molar-refractivity contribution in [3.8, 4) is 11.3 Å². The van der Waals surface area contributed by atoms with Gasteiger partial charge in [0.15, 0.2) is 0 Å². The number of pyridine rings is 2. The van der Waals surface area contributed by atoms with Gasteiger partial charge in [0.25, 0.3) is 5.91 Å². The molecule has 4 aromatic rings. The Morgan fingerprint density at radius 3 is 2.55 bits per heavy atom. The van der Waals surface area contributed by atoms with Crippen molar-refractivity contribution in [2.45, 2.75) is 13.3 Å². The first-order valence-corrected chi connectivity index (χ1v) is 12.6. The lowest BCUT2D eigenvalue weighted by molar-refractivity contribution is -0.129. The van der Waals surface area contributed by atoms with Crippen LogP contribution in [0.5, 0.6) is 0 Å². The van der Waals surface area contributed by atoms with Crippen molar-refractivity contribution < 1.29 is 9.59 Å². The van der Waals surface area contributed by atoms with E-state index in [0.29, 0.717) is 31.6 Å². The molecular formula is C28H30N8O2. The van der Waals surface area contributed by atoms with E-state index in [2.05, 4.69) is 35.5 Å². The number of carbonyl (C=O) groups is 2. The number of para-hydroxylation sites is 1. The van der Waals surface area contributed by atoms with Crippen molar-refractivity contribution in [1.29, 1.82) is 0 Å². The van der Waals surface area contributed by atoms with Crippen LogP contribution in [0.2, 0.25) is 0 Å². The minimum Gasteiger partial charge on any atom is -0.370 e. The first kappa shape index (κ1) is 25.1. The Labute approximate surface area is 221 Å². The van der Waals surface area contributed by atoms with Crippen LogP contribution >= 0.6 is 0 Å². The maximum absolute atomic E-state index is 12.2. The summed E-state index contributed by atoms with van der Waals surface area (Å²) in [5.74, 6) is 1.61. The van der Waals surface area contributed by atoms with Crippen molar-refractivity contribution in [2.24, 2.45) is 0 Å². The zero-order valence-electron chi connectivity index (χ0n) is 21.5. The molecule has 0 aliphatic carbocycles. The van der Waals surface area contributed by atoms with Crippen molar-refractivity contribution in [3.05, 3.63) is 72.3 Å². The summed E-state index contributed by atoms with van der Waals surface area (Å²) in [7, 11) is 1.63. The van der Waals surface area contributed by atoms with E-state index in [1.807, 2.05) is 47.5 Å². The van der Waals surface area contributed by atoms with Crippen LogP contribution in [0, 0.1) is 0 Å². The smallest absolute Gasteiger partial charge is 0.251 e. The maximum atomic E-state index is 12.2. The molecule has 1 aliphatic heterocycles. The fraction of sp³-hybridized carbons (Fsp3) is 0.286. The van der Waals surface area contributed by atoms with Gasteiger partial charge in [0.1, 0.15) is 18.0 Å². The first-order chi connectivity index (χ1) is 18.5. The molecule has 194 valence electrons. The second-order valence-electron chi connectivity index (χ2n) is 9.11. The van der Waals surface area contributed by atoms with E-state index in [-0.39, 0.29) is 11.8 Å². The quantitative estimate of drug-likeness (QED) is 0.390. The number of nitrogens with one attached hydrogen (secondary N) is 2. The summed E-state index contributed by atoms with van der Waals surface area (Å²) < 4.78 is 0. The highest BCUT2D eigenvalue weighted by Gasteiger charge is 2.19. The number of hydrogen-bond acceptors (Lipinski definition) is 8. The van der Waals surface area contributed by atoms with Crippen molar-refractivity contribution in [2.75, 3.05) is 50.0 Å². The topological polar surface area (TPSA) is 116 Å². The fourth-order valence-electron chi connectivity index (χ4n) is 4.68. The third-order valence-electron chi connectivity index (χ3n) is 6.79. The number of anilines is 2. The normalized spacial score (nSPS) is 13.4. The standard InChI is InChI=1S/C28H30N8O2/c1-19(37)35-12-14-36(15-13-35)26-7-6-21(17-32-26)24-16-25(34-18-33-24)30-10-8-20-4-3-5-22-23(28(38)29-2)9-11-31-27(20)22/h3-7,9,11,16-18H,8,10,12-15H2,1-2H3,(H,29,38)(H,30,33,34). The lowest BCUT2D eigenvalue weighted by Gasteiger charge is -2.34. The molecule has 0 bridgehead atoms. The molecule has 38 heavy (non-hydrogen) atoms. The zero-order chi connectivity index (χ0) is 26.5. The molecule has 2 N–H and O–H groups in total. The van der Waals surface area contributed by atoms with E-state index in [4.69, 9.17) is 0 Å². The number of piperazine rings is 1. The van der Waals surface area contributed by atoms with Gasteiger partial charge in [0.2, 0.25) is 5.91 Å². The van der Waals surface area contributed by atoms with Crippen LogP contribution in [0.25, 0.3) is 22.2 Å². The molecule has 5 rings (SSSR count). The van der Waals surface area contributed by atoms with Gasteiger partial charge in [-0.25, -0.2) is 15.0 Å². The number of nitrogens with zero attached hydrogens (tertiary/aromatic N) is 6. The summed E-state index contributed by atoms with van der Waals surface area (Å²) in [6.07, 6.45) is 5.76. The van der Waals surface area contributed by atoms with E-state index in [9.17, 15) is 9.59 Å². The van der Waals surface area contributed by atoms with Crippen LogP contribution in [0.1, 0.15) is 22.8 Å². The lowest BCUT2D eigenvalue weighted by atomic mass is 10.0. The minimum absolute atomic E-state index is 0.116. The van der Waals surface area contributed by atoms with Gasteiger partial charge in [0.05, 0.1) is 16.8 Å². The summed E-state index contributed by atoms with van der Waals surface area (Å²) >= 11 is 0. The molecule has 0 atom stereocenters. The number of carbonyl (C=O) groups excluding carboxylic acids is 2. The van der Waals surface area contributed by atoms with E-state index < -0.39 is 0 Å². The highest BCUT2D eigenvalue weighted by Crippen LogP contribution is 2.23. The molecule has 1 aromatic carbocycles. The Hall–Kier alpha value is -4.60. The molecule has 1 aliphatic rings. The second kappa shape index (κ2) is 11.2. The zero-order valence-corrected chi connectivity index (χ0v) is 21.5. The third kappa shape index (κ3) is 5.39. The molecule has 1 fully saturated rings. The molecule has 1 saturated heterocycles. The number of fused-ring (bicyclic) bond motifs is 1. The average Bonchev–Trinajstić information content (AvgIpc) is 2.97. The molecule has 0 saturated carbocycles. The largest absolute Gasteiger partial charge is 0.370 e. The van der Waals surface area contributed by atoms with Crippen LogP contribution in [-0.2, 0) is 11.2 Å². The van der Waals surface area contributed by atoms with Crippen LogP contribution < -0.4 is 15.5 Å².